The number of nitrogens with zero attached hydrogens (tertiary/aromatic N) is 2. The van der Waals surface area contributed by atoms with Crippen molar-refractivity contribution in [1.82, 2.24) is 15.2 Å². The zero-order valence-electron chi connectivity index (χ0n) is 13.2. The van der Waals surface area contributed by atoms with Gasteiger partial charge in [-0.1, -0.05) is 30.7 Å². The van der Waals surface area contributed by atoms with E-state index in [1.165, 1.54) is 6.08 Å². The molecule has 3 rings (SSSR count). The van der Waals surface area contributed by atoms with Crippen LogP contribution in [-0.4, -0.2) is 26.3 Å². The number of aryl methyl sites for hydroxylation is 1. The minimum Gasteiger partial charge on any atom is -0.477 e. The molecule has 2 heterocycles. The predicted octanol–water partition coefficient (Wildman–Crippen LogP) is 4.50. The molecule has 0 bridgehead atoms. The molecule has 0 fully saturated rings. The first-order chi connectivity index (χ1) is 12.0. The van der Waals surface area contributed by atoms with Crippen molar-refractivity contribution in [3.63, 3.8) is 0 Å². The van der Waals surface area contributed by atoms with Gasteiger partial charge in [-0.05, 0) is 36.0 Å². The molecule has 2 N–H and O–H groups in total. The molecule has 3 aromatic rings. The summed E-state index contributed by atoms with van der Waals surface area (Å²) in [7, 11) is 0. The molecule has 0 aliphatic heterocycles. The van der Waals surface area contributed by atoms with E-state index in [2.05, 4.69) is 15.2 Å². The van der Waals surface area contributed by atoms with Gasteiger partial charge in [0.15, 0.2) is 0 Å². The van der Waals surface area contributed by atoms with E-state index in [0.717, 1.165) is 17.3 Å². The number of furan rings is 1. The number of nitrogens with one attached hydrogen (secondary N) is 1. The lowest BCUT2D eigenvalue weighted by Crippen LogP contribution is -1.97. The van der Waals surface area contributed by atoms with E-state index in [1.807, 2.05) is 19.1 Å². The molecule has 8 heteroatoms. The Bertz CT molecular complexity index is 933. The predicted molar refractivity (Wildman–Crippen MR) is 96.4 cm³/mol. The van der Waals surface area contributed by atoms with Gasteiger partial charge in [0.1, 0.15) is 22.3 Å². The number of thioether (sulfide) groups is 1. The summed E-state index contributed by atoms with van der Waals surface area (Å²) >= 11 is 6.94. The number of aromatic nitrogens is 3. The van der Waals surface area contributed by atoms with Crippen molar-refractivity contribution in [2.75, 3.05) is 0 Å². The van der Waals surface area contributed by atoms with Crippen LogP contribution in [0.2, 0.25) is 5.02 Å². The number of halogens is 1. The quantitative estimate of drug-likeness (QED) is 0.487. The summed E-state index contributed by atoms with van der Waals surface area (Å²) in [5.74, 6) is 0.655. The molecule has 0 aliphatic rings. The number of hydrogen-bond donors (Lipinski definition) is 2. The summed E-state index contributed by atoms with van der Waals surface area (Å²) in [6, 6.07) is 10.7. The monoisotopic (exact) mass is 375 g/mol. The molecule has 128 valence electrons. The normalized spacial score (nSPS) is 11.7. The number of H-pyrrole nitrogens is 1. The lowest BCUT2D eigenvalue weighted by Gasteiger charge is -1.98. The van der Waals surface area contributed by atoms with E-state index < -0.39 is 5.97 Å². The van der Waals surface area contributed by atoms with E-state index >= 15 is 0 Å². The lowest BCUT2D eigenvalue weighted by molar-refractivity contribution is -0.131. The number of carboxylic acids is 1. The molecule has 0 aliphatic carbocycles. The Kier molecular flexibility index (Phi) is 5.25. The highest BCUT2D eigenvalue weighted by atomic mass is 35.5. The van der Waals surface area contributed by atoms with Crippen molar-refractivity contribution in [3.8, 4) is 11.3 Å². The average molecular weight is 376 g/mol. The van der Waals surface area contributed by atoms with Crippen molar-refractivity contribution in [2.24, 2.45) is 0 Å². The van der Waals surface area contributed by atoms with Crippen LogP contribution in [0.3, 0.4) is 0 Å². The molecule has 25 heavy (non-hydrogen) atoms. The maximum atomic E-state index is 11.5. The Morgan fingerprint density at radius 3 is 2.92 bits per heavy atom. The maximum absolute atomic E-state index is 11.5. The van der Waals surface area contributed by atoms with Gasteiger partial charge in [0.2, 0.25) is 5.16 Å². The van der Waals surface area contributed by atoms with Gasteiger partial charge in [-0.25, -0.2) is 9.78 Å². The molecule has 0 unspecified atom stereocenters. The van der Waals surface area contributed by atoms with Crippen LogP contribution >= 0.6 is 23.4 Å². The zero-order valence-corrected chi connectivity index (χ0v) is 14.8. The molecule has 2 aromatic heterocycles. The smallest absolute Gasteiger partial charge is 0.342 e. The van der Waals surface area contributed by atoms with E-state index in [1.54, 1.807) is 24.3 Å². The van der Waals surface area contributed by atoms with E-state index in [9.17, 15) is 9.90 Å². The summed E-state index contributed by atoms with van der Waals surface area (Å²) in [5, 5.41) is 17.1. The fourth-order valence-corrected chi connectivity index (χ4v) is 2.97. The Balaban J connectivity index is 1.84. The van der Waals surface area contributed by atoms with Gasteiger partial charge >= 0.3 is 5.97 Å². The number of rotatable bonds is 6. The Hall–Kier alpha value is -2.51. The van der Waals surface area contributed by atoms with Gasteiger partial charge in [0, 0.05) is 23.1 Å². The zero-order chi connectivity index (χ0) is 17.8. The third-order valence-electron chi connectivity index (χ3n) is 3.27. The first-order valence-electron chi connectivity index (χ1n) is 7.45. The van der Waals surface area contributed by atoms with Gasteiger partial charge in [-0.15, -0.1) is 5.10 Å². The largest absolute Gasteiger partial charge is 0.477 e. The summed E-state index contributed by atoms with van der Waals surface area (Å²) in [6.45, 7) is 1.93. The van der Waals surface area contributed by atoms with Crippen LogP contribution in [0.1, 0.15) is 18.5 Å². The lowest BCUT2D eigenvalue weighted by atomic mass is 10.2. The molecule has 1 aromatic carbocycles. The average Bonchev–Trinajstić information content (AvgIpc) is 3.23. The number of carbonyl (C=O) groups is 1. The molecule has 6 nitrogen and oxygen atoms in total. The fraction of sp³-hybridized carbons (Fsp3) is 0.118. The van der Waals surface area contributed by atoms with Crippen molar-refractivity contribution in [1.29, 1.82) is 0 Å². The molecule has 0 atom stereocenters. The topological polar surface area (TPSA) is 92.0 Å². The van der Waals surface area contributed by atoms with E-state index in [-0.39, 0.29) is 4.91 Å². The minimum atomic E-state index is -1.08. The van der Waals surface area contributed by atoms with Gasteiger partial charge in [0.25, 0.3) is 0 Å². The van der Waals surface area contributed by atoms with Crippen molar-refractivity contribution in [3.05, 3.63) is 57.9 Å². The standard InChI is InChI=1S/C17H14ClN3O3S/c1-2-15-19-17(21-20-15)25-14(16(22)23)9-12-6-7-13(24-12)10-4-3-5-11(18)8-10/h3-9H,2H2,1H3,(H,22,23)(H,19,20,21)/b14-9-. The third-order valence-corrected chi connectivity index (χ3v) is 4.38. The maximum Gasteiger partial charge on any atom is 0.342 e. The molecule has 0 saturated heterocycles. The van der Waals surface area contributed by atoms with Crippen molar-refractivity contribution >= 4 is 35.4 Å². The minimum absolute atomic E-state index is 0.0636. The number of aliphatic carboxylic acids is 1. The Labute approximate surface area is 152 Å². The Morgan fingerprint density at radius 1 is 1.40 bits per heavy atom. The van der Waals surface area contributed by atoms with Crippen LogP contribution in [0.5, 0.6) is 0 Å². The van der Waals surface area contributed by atoms with Crippen LogP contribution in [0, 0.1) is 0 Å². The summed E-state index contributed by atoms with van der Waals surface area (Å²) in [5.41, 5.74) is 0.818. The molecule has 0 amide bonds. The van der Waals surface area contributed by atoms with Gasteiger partial charge in [-0.2, -0.15) is 0 Å². The van der Waals surface area contributed by atoms with E-state index in [0.29, 0.717) is 33.9 Å². The fourth-order valence-electron chi connectivity index (χ4n) is 2.07. The van der Waals surface area contributed by atoms with Crippen molar-refractivity contribution < 1.29 is 14.3 Å². The number of hydrogen-bond acceptors (Lipinski definition) is 5. The van der Waals surface area contributed by atoms with Gasteiger partial charge in [-0.3, -0.25) is 5.10 Å². The van der Waals surface area contributed by atoms with Crippen LogP contribution in [0.4, 0.5) is 0 Å². The number of carboxylic acid groups (broad SMARTS) is 1. The number of benzene rings is 1. The van der Waals surface area contributed by atoms with Gasteiger partial charge in [0.05, 0.1) is 0 Å². The first-order valence-corrected chi connectivity index (χ1v) is 8.64. The second kappa shape index (κ2) is 7.58. The molecular weight excluding hydrogens is 362 g/mol. The molecule has 0 spiro atoms. The SMILES string of the molecule is CCc1nc(S/C(=C\c2ccc(-c3cccc(Cl)c3)o2)C(=O)O)n[nH]1. The second-order valence-electron chi connectivity index (χ2n) is 5.05. The molecule has 0 radical (unpaired) electrons. The summed E-state index contributed by atoms with van der Waals surface area (Å²) < 4.78 is 5.71. The van der Waals surface area contributed by atoms with Crippen LogP contribution in [-0.2, 0) is 11.2 Å². The van der Waals surface area contributed by atoms with E-state index in [4.69, 9.17) is 16.0 Å². The highest BCUT2D eigenvalue weighted by Crippen LogP contribution is 2.29. The summed E-state index contributed by atoms with van der Waals surface area (Å²) in [4.78, 5) is 15.8. The van der Waals surface area contributed by atoms with Gasteiger partial charge < -0.3 is 9.52 Å². The second-order valence-corrected chi connectivity index (χ2v) is 6.49. The number of aromatic amines is 1. The van der Waals surface area contributed by atoms with Crippen LogP contribution < -0.4 is 0 Å². The molecular formula is C17H14ClN3O3S. The third kappa shape index (κ3) is 4.32. The van der Waals surface area contributed by atoms with Crippen molar-refractivity contribution in [2.45, 2.75) is 18.5 Å². The highest BCUT2D eigenvalue weighted by molar-refractivity contribution is 8.04. The van der Waals surface area contributed by atoms with Crippen LogP contribution in [0.15, 0.2) is 50.9 Å². The summed E-state index contributed by atoms with van der Waals surface area (Å²) in [6.07, 6.45) is 2.14. The highest BCUT2D eigenvalue weighted by Gasteiger charge is 2.15. The Morgan fingerprint density at radius 2 is 2.24 bits per heavy atom. The van der Waals surface area contributed by atoms with Crippen LogP contribution in [0.25, 0.3) is 17.4 Å². The molecule has 0 saturated carbocycles. The first kappa shape index (κ1) is 17.3.